The van der Waals surface area contributed by atoms with Gasteiger partial charge in [-0.15, -0.1) is 0 Å². The number of rotatable bonds is 3. The molecule has 4 nitrogen and oxygen atoms in total. The van der Waals surface area contributed by atoms with Gasteiger partial charge in [0.1, 0.15) is 0 Å². The van der Waals surface area contributed by atoms with Crippen molar-refractivity contribution in [2.24, 2.45) is 11.8 Å². The number of carbonyl (C=O) groups is 1. The molecule has 0 aromatic rings. The van der Waals surface area contributed by atoms with Crippen molar-refractivity contribution in [2.75, 3.05) is 6.61 Å². The highest BCUT2D eigenvalue weighted by molar-refractivity contribution is 5.76. The van der Waals surface area contributed by atoms with Gasteiger partial charge in [0.25, 0.3) is 0 Å². The molecular weight excluding hydrogens is 264 g/mol. The average Bonchev–Trinajstić information content (AvgIpc) is 3.06. The Bertz CT molecular complexity index is 388. The molecule has 0 aromatic heterocycles. The minimum absolute atomic E-state index is 0.291. The van der Waals surface area contributed by atoms with Gasteiger partial charge in [0.05, 0.1) is 6.10 Å². The molecule has 1 amide bonds. The average molecular weight is 292 g/mol. The first-order chi connectivity index (χ1) is 10.3. The summed E-state index contributed by atoms with van der Waals surface area (Å²) in [4.78, 5) is 12.4. The predicted octanol–water partition coefficient (Wildman–Crippen LogP) is 1.98. The Labute approximate surface area is 127 Å². The van der Waals surface area contributed by atoms with Gasteiger partial charge in [0.2, 0.25) is 5.91 Å². The third-order valence-electron chi connectivity index (χ3n) is 6.17. The second kappa shape index (κ2) is 5.88. The predicted molar refractivity (Wildman–Crippen MR) is 80.9 cm³/mol. The number of hydrogen-bond donors (Lipinski definition) is 2. The number of piperidine rings is 1. The third-order valence-corrected chi connectivity index (χ3v) is 6.17. The summed E-state index contributed by atoms with van der Waals surface area (Å²) in [6, 6.07) is 1.74. The van der Waals surface area contributed by atoms with Crippen molar-refractivity contribution in [2.45, 2.75) is 82.0 Å². The standard InChI is InChI=1S/C17H28N2O2/c20-17(10-11-8-12-4-5-13(9-11)18-12)19-15-2-1-3-16-14(15)6-7-21-16/h11-16,18H,1-10H2,(H,19,20). The maximum Gasteiger partial charge on any atom is 0.220 e. The number of amides is 1. The molecule has 0 aromatic carbocycles. The third kappa shape index (κ3) is 2.98. The number of fused-ring (bicyclic) bond motifs is 3. The second-order valence-electron chi connectivity index (χ2n) is 7.65. The maximum absolute atomic E-state index is 12.4. The normalized spacial score (nSPS) is 45.3. The van der Waals surface area contributed by atoms with Crippen LogP contribution in [-0.2, 0) is 9.53 Å². The summed E-state index contributed by atoms with van der Waals surface area (Å²) in [5.74, 6) is 1.47. The van der Waals surface area contributed by atoms with Crippen molar-refractivity contribution in [3.05, 3.63) is 0 Å². The molecule has 2 bridgehead atoms. The van der Waals surface area contributed by atoms with Crippen molar-refractivity contribution < 1.29 is 9.53 Å². The van der Waals surface area contributed by atoms with E-state index < -0.39 is 0 Å². The van der Waals surface area contributed by atoms with Crippen LogP contribution in [0.4, 0.5) is 0 Å². The van der Waals surface area contributed by atoms with Crippen molar-refractivity contribution in [1.29, 1.82) is 0 Å². The van der Waals surface area contributed by atoms with Crippen molar-refractivity contribution >= 4 is 5.91 Å². The first-order valence-electron chi connectivity index (χ1n) is 8.95. The highest BCUT2D eigenvalue weighted by Crippen LogP contribution is 2.35. The zero-order valence-corrected chi connectivity index (χ0v) is 12.9. The molecule has 4 aliphatic rings. The van der Waals surface area contributed by atoms with Crippen LogP contribution in [0.3, 0.4) is 0 Å². The molecule has 5 unspecified atom stereocenters. The van der Waals surface area contributed by atoms with Crippen molar-refractivity contribution in [3.63, 3.8) is 0 Å². The quantitative estimate of drug-likeness (QED) is 0.836. The van der Waals surface area contributed by atoms with E-state index >= 15 is 0 Å². The van der Waals surface area contributed by atoms with Crippen LogP contribution in [0.25, 0.3) is 0 Å². The lowest BCUT2D eigenvalue weighted by atomic mass is 9.81. The lowest BCUT2D eigenvalue weighted by Crippen LogP contribution is -2.47. The summed E-state index contributed by atoms with van der Waals surface area (Å²) in [5.41, 5.74) is 0. The zero-order chi connectivity index (χ0) is 14.2. The van der Waals surface area contributed by atoms with E-state index in [0.717, 1.165) is 25.9 Å². The summed E-state index contributed by atoms with van der Waals surface area (Å²) < 4.78 is 5.80. The van der Waals surface area contributed by atoms with Gasteiger partial charge in [0.15, 0.2) is 0 Å². The van der Waals surface area contributed by atoms with E-state index in [2.05, 4.69) is 10.6 Å². The van der Waals surface area contributed by atoms with Crippen LogP contribution in [0.2, 0.25) is 0 Å². The minimum Gasteiger partial charge on any atom is -0.378 e. The maximum atomic E-state index is 12.4. The summed E-state index contributed by atoms with van der Waals surface area (Å²) in [5, 5.41) is 7.01. The monoisotopic (exact) mass is 292 g/mol. The zero-order valence-electron chi connectivity index (χ0n) is 12.9. The van der Waals surface area contributed by atoms with Gasteiger partial charge in [-0.2, -0.15) is 0 Å². The van der Waals surface area contributed by atoms with Gasteiger partial charge < -0.3 is 15.4 Å². The Hall–Kier alpha value is -0.610. The number of hydrogen-bond acceptors (Lipinski definition) is 3. The summed E-state index contributed by atoms with van der Waals surface area (Å²) in [6.07, 6.45) is 10.8. The van der Waals surface area contributed by atoms with E-state index in [1.54, 1.807) is 0 Å². The van der Waals surface area contributed by atoms with E-state index in [0.29, 0.717) is 42.0 Å². The molecule has 5 atom stereocenters. The van der Waals surface area contributed by atoms with Crippen LogP contribution >= 0.6 is 0 Å². The van der Waals surface area contributed by atoms with Gasteiger partial charge in [-0.1, -0.05) is 0 Å². The molecule has 4 rings (SSSR count). The highest BCUT2D eigenvalue weighted by atomic mass is 16.5. The lowest BCUT2D eigenvalue weighted by molar-refractivity contribution is -0.123. The van der Waals surface area contributed by atoms with Crippen LogP contribution in [0.15, 0.2) is 0 Å². The molecule has 21 heavy (non-hydrogen) atoms. The van der Waals surface area contributed by atoms with E-state index in [9.17, 15) is 4.79 Å². The summed E-state index contributed by atoms with van der Waals surface area (Å²) >= 11 is 0. The SMILES string of the molecule is O=C(CC1CC2CCC(C1)N2)NC1CCCC2OCCC12. The molecule has 0 radical (unpaired) electrons. The lowest BCUT2D eigenvalue weighted by Gasteiger charge is -2.34. The molecule has 4 fully saturated rings. The molecule has 3 saturated heterocycles. The molecule has 0 spiro atoms. The molecule has 1 saturated carbocycles. The fraction of sp³-hybridized carbons (Fsp3) is 0.941. The Morgan fingerprint density at radius 1 is 1.10 bits per heavy atom. The van der Waals surface area contributed by atoms with Gasteiger partial charge >= 0.3 is 0 Å². The Morgan fingerprint density at radius 2 is 1.90 bits per heavy atom. The second-order valence-corrected chi connectivity index (χ2v) is 7.65. The Morgan fingerprint density at radius 3 is 2.71 bits per heavy atom. The number of ether oxygens (including phenoxy) is 1. The van der Waals surface area contributed by atoms with Gasteiger partial charge in [-0.25, -0.2) is 0 Å². The molecule has 4 heteroatoms. The smallest absolute Gasteiger partial charge is 0.220 e. The minimum atomic E-state index is 0.291. The van der Waals surface area contributed by atoms with E-state index in [4.69, 9.17) is 4.74 Å². The van der Waals surface area contributed by atoms with Crippen molar-refractivity contribution in [3.8, 4) is 0 Å². The van der Waals surface area contributed by atoms with Crippen LogP contribution < -0.4 is 10.6 Å². The summed E-state index contributed by atoms with van der Waals surface area (Å²) in [6.45, 7) is 0.888. The summed E-state index contributed by atoms with van der Waals surface area (Å²) in [7, 11) is 0. The topological polar surface area (TPSA) is 50.4 Å². The fourth-order valence-electron chi connectivity index (χ4n) is 5.22. The van der Waals surface area contributed by atoms with Crippen LogP contribution in [0.5, 0.6) is 0 Å². The van der Waals surface area contributed by atoms with Gasteiger partial charge in [-0.3, -0.25) is 4.79 Å². The Balaban J connectivity index is 1.29. The molecule has 2 N–H and O–H groups in total. The largest absolute Gasteiger partial charge is 0.378 e. The first kappa shape index (κ1) is 14.0. The van der Waals surface area contributed by atoms with Crippen LogP contribution in [-0.4, -0.2) is 36.7 Å². The van der Waals surface area contributed by atoms with E-state index in [1.807, 2.05) is 0 Å². The van der Waals surface area contributed by atoms with E-state index in [-0.39, 0.29) is 0 Å². The first-order valence-corrected chi connectivity index (χ1v) is 8.95. The number of nitrogens with one attached hydrogen (secondary N) is 2. The molecule has 118 valence electrons. The number of carbonyl (C=O) groups excluding carboxylic acids is 1. The van der Waals surface area contributed by atoms with Gasteiger partial charge in [-0.05, 0) is 57.3 Å². The highest BCUT2D eigenvalue weighted by Gasteiger charge is 2.39. The Kier molecular flexibility index (Phi) is 3.92. The van der Waals surface area contributed by atoms with Gasteiger partial charge in [0, 0.05) is 37.1 Å². The molecule has 3 heterocycles. The van der Waals surface area contributed by atoms with Crippen LogP contribution in [0.1, 0.15) is 57.8 Å². The molecular formula is C17H28N2O2. The molecule has 1 aliphatic carbocycles. The van der Waals surface area contributed by atoms with E-state index in [1.165, 1.54) is 38.5 Å². The fourth-order valence-corrected chi connectivity index (χ4v) is 5.22. The molecule has 3 aliphatic heterocycles. The van der Waals surface area contributed by atoms with Crippen LogP contribution in [0, 0.1) is 11.8 Å². The van der Waals surface area contributed by atoms with Crippen molar-refractivity contribution in [1.82, 2.24) is 10.6 Å².